The van der Waals surface area contributed by atoms with Crippen molar-refractivity contribution in [2.24, 2.45) is 17.8 Å². The fourth-order valence-electron chi connectivity index (χ4n) is 5.95. The van der Waals surface area contributed by atoms with Crippen molar-refractivity contribution in [1.82, 2.24) is 10.2 Å². The summed E-state index contributed by atoms with van der Waals surface area (Å²) in [5.74, 6) is -5.39. The van der Waals surface area contributed by atoms with Gasteiger partial charge in [0.15, 0.2) is 21.2 Å². The number of amides is 4. The maximum Gasteiger partial charge on any atom is 0.254 e. The van der Waals surface area contributed by atoms with Crippen LogP contribution in [-0.2, 0) is 19.2 Å². The number of hydrogen-bond donors (Lipinski definition) is 2. The maximum atomic E-state index is 13.6. The molecule has 5 rings (SSSR count). The van der Waals surface area contributed by atoms with Gasteiger partial charge in [-0.3, -0.25) is 29.4 Å². The molecule has 8 nitrogen and oxygen atoms in total. The van der Waals surface area contributed by atoms with Crippen LogP contribution in [-0.4, -0.2) is 55.9 Å². The van der Waals surface area contributed by atoms with Crippen molar-refractivity contribution >= 4 is 74.4 Å². The first-order valence-electron chi connectivity index (χ1n) is 10.4. The summed E-state index contributed by atoms with van der Waals surface area (Å²) >= 11 is 23.6. The van der Waals surface area contributed by atoms with E-state index >= 15 is 0 Å². The molecule has 1 aromatic rings. The number of fused-ring (bicyclic) bond motifs is 4. The van der Waals surface area contributed by atoms with Crippen LogP contribution in [0.5, 0.6) is 11.5 Å². The first kappa shape index (κ1) is 23.9. The Morgan fingerprint density at radius 2 is 1.88 bits per heavy atom. The molecule has 1 aromatic carbocycles. The summed E-state index contributed by atoms with van der Waals surface area (Å²) in [6.45, 7) is 0. The number of nitrogens with zero attached hydrogens (tertiary/aromatic N) is 1. The zero-order valence-corrected chi connectivity index (χ0v) is 21.5. The van der Waals surface area contributed by atoms with Gasteiger partial charge in [0.25, 0.3) is 11.8 Å². The number of phenolic OH excluding ortho intramolecular Hbond substituents is 1. The van der Waals surface area contributed by atoms with Gasteiger partial charge in [-0.25, -0.2) is 0 Å². The van der Waals surface area contributed by atoms with E-state index in [9.17, 15) is 24.3 Å². The lowest BCUT2D eigenvalue weighted by atomic mass is 9.56. The van der Waals surface area contributed by atoms with E-state index in [2.05, 4.69) is 21.2 Å². The molecule has 180 valence electrons. The summed E-state index contributed by atoms with van der Waals surface area (Å²) < 4.78 is 5.24. The molecule has 1 saturated carbocycles. The van der Waals surface area contributed by atoms with Gasteiger partial charge in [-0.15, -0.1) is 23.2 Å². The largest absolute Gasteiger partial charge is 0.503 e. The topological polar surface area (TPSA) is 113 Å². The van der Waals surface area contributed by atoms with E-state index in [-0.39, 0.29) is 40.7 Å². The van der Waals surface area contributed by atoms with Crippen LogP contribution >= 0.6 is 50.7 Å². The predicted octanol–water partition coefficient (Wildman–Crippen LogP) is 3.05. The summed E-state index contributed by atoms with van der Waals surface area (Å²) in [6, 6.07) is 2.92. The smallest absolute Gasteiger partial charge is 0.254 e. The highest BCUT2D eigenvalue weighted by molar-refractivity contribution is 9.09. The number of rotatable bonds is 3. The highest BCUT2D eigenvalue weighted by Crippen LogP contribution is 2.65. The highest BCUT2D eigenvalue weighted by Gasteiger charge is 2.76. The zero-order valence-electron chi connectivity index (χ0n) is 17.6. The van der Waals surface area contributed by atoms with E-state index in [0.717, 1.165) is 4.90 Å². The Labute approximate surface area is 217 Å². The number of aromatic hydroxyl groups is 1. The van der Waals surface area contributed by atoms with Crippen LogP contribution < -0.4 is 10.1 Å². The van der Waals surface area contributed by atoms with Crippen molar-refractivity contribution in [1.29, 1.82) is 0 Å². The second kappa shape index (κ2) is 7.85. The third-order valence-corrected chi connectivity index (χ3v) is 9.66. The highest BCUT2D eigenvalue weighted by atomic mass is 79.9. The van der Waals surface area contributed by atoms with Crippen molar-refractivity contribution < 1.29 is 29.0 Å². The number of alkyl halides is 3. The number of hydrogen-bond acceptors (Lipinski definition) is 6. The first-order valence-corrected chi connectivity index (χ1v) is 12.7. The normalized spacial score (nSPS) is 36.6. The van der Waals surface area contributed by atoms with Crippen LogP contribution in [0.1, 0.15) is 24.3 Å². The molecule has 2 aliphatic heterocycles. The van der Waals surface area contributed by atoms with E-state index in [0.29, 0.717) is 11.1 Å². The monoisotopic (exact) mass is 590 g/mol. The Morgan fingerprint density at radius 3 is 2.53 bits per heavy atom. The molecule has 0 radical (unpaired) electrons. The second-order valence-electron chi connectivity index (χ2n) is 8.89. The standard InChI is InChI=1S/C22H18BrCl3N2O6/c1-34-13-5-8(4-12(24)16(13)29)15-9-2-3-10-14(18(31)27-17(10)30)11(9)6-21(25)19(32)28(7-23)20(33)22(15,21)26/h2,4-5,10-11,14-15,29H,3,6-7H2,1H3,(H,27,30,31). The number of nitrogens with one attached hydrogen (secondary N) is 1. The number of carbonyl (C=O) groups is 4. The summed E-state index contributed by atoms with van der Waals surface area (Å²) in [4.78, 5) is 49.3. The number of ether oxygens (including phenoxy) is 1. The first-order chi connectivity index (χ1) is 16.0. The lowest BCUT2D eigenvalue weighted by Gasteiger charge is -2.50. The van der Waals surface area contributed by atoms with E-state index in [4.69, 9.17) is 39.5 Å². The van der Waals surface area contributed by atoms with Gasteiger partial charge in [-0.2, -0.15) is 0 Å². The summed E-state index contributed by atoms with van der Waals surface area (Å²) in [5, 5.41) is 12.6. The van der Waals surface area contributed by atoms with Gasteiger partial charge in [0, 0.05) is 5.92 Å². The number of methoxy groups -OCH3 is 1. The quantitative estimate of drug-likeness (QED) is 0.242. The minimum Gasteiger partial charge on any atom is -0.503 e. The van der Waals surface area contributed by atoms with E-state index in [1.807, 2.05) is 0 Å². The summed E-state index contributed by atoms with van der Waals surface area (Å²) in [6.07, 6.45) is 1.97. The molecule has 3 fully saturated rings. The second-order valence-corrected chi connectivity index (χ2v) is 11.0. The van der Waals surface area contributed by atoms with Gasteiger partial charge < -0.3 is 9.84 Å². The molecule has 2 N–H and O–H groups in total. The van der Waals surface area contributed by atoms with Gasteiger partial charge in [-0.05, 0) is 36.5 Å². The van der Waals surface area contributed by atoms with Crippen molar-refractivity contribution in [2.45, 2.75) is 28.5 Å². The van der Waals surface area contributed by atoms with E-state index < -0.39 is 51.1 Å². The molecule has 4 aliphatic rings. The lowest BCUT2D eigenvalue weighted by molar-refractivity contribution is -0.138. The number of halogens is 4. The fourth-order valence-corrected chi connectivity index (χ4v) is 7.60. The van der Waals surface area contributed by atoms with E-state index in [1.54, 1.807) is 6.08 Å². The SMILES string of the molecule is COc1cc(C2C3=CCC4C(=O)NC(=O)C4C3CC3(Cl)C(=O)N(CBr)C(=O)C23Cl)cc(Cl)c1O. The van der Waals surface area contributed by atoms with Gasteiger partial charge in [-0.1, -0.05) is 39.2 Å². The predicted molar refractivity (Wildman–Crippen MR) is 126 cm³/mol. The number of allylic oxidation sites excluding steroid dienone is 2. The van der Waals surface area contributed by atoms with Gasteiger partial charge in [0.05, 0.1) is 29.4 Å². The molecule has 34 heavy (non-hydrogen) atoms. The molecule has 2 aliphatic carbocycles. The lowest BCUT2D eigenvalue weighted by Crippen LogP contribution is -2.60. The molecule has 6 unspecified atom stereocenters. The minimum atomic E-state index is -1.95. The van der Waals surface area contributed by atoms with Crippen LogP contribution in [0.3, 0.4) is 0 Å². The Hall–Kier alpha value is -1.81. The summed E-state index contributed by atoms with van der Waals surface area (Å²) in [7, 11) is 1.34. The van der Waals surface area contributed by atoms with Crippen LogP contribution in [0.4, 0.5) is 0 Å². The molecule has 6 atom stereocenters. The molecular weight excluding hydrogens is 575 g/mol. The Balaban J connectivity index is 1.78. The Morgan fingerprint density at radius 1 is 1.18 bits per heavy atom. The number of likely N-dealkylation sites (tertiary alicyclic amines) is 1. The van der Waals surface area contributed by atoms with E-state index in [1.165, 1.54) is 19.2 Å². The molecule has 0 aromatic heterocycles. The summed E-state index contributed by atoms with van der Waals surface area (Å²) in [5.41, 5.74) is 0.893. The zero-order chi connectivity index (χ0) is 24.7. The minimum absolute atomic E-state index is 0.0438. The van der Waals surface area contributed by atoms with Crippen LogP contribution in [0.15, 0.2) is 23.8 Å². The van der Waals surface area contributed by atoms with Crippen molar-refractivity contribution in [3.8, 4) is 11.5 Å². The Bertz CT molecular complexity index is 1210. The van der Waals surface area contributed by atoms with Gasteiger partial charge in [0.1, 0.15) is 0 Å². The number of imide groups is 2. The van der Waals surface area contributed by atoms with Crippen molar-refractivity contribution in [2.75, 3.05) is 12.6 Å². The van der Waals surface area contributed by atoms with Crippen LogP contribution in [0.25, 0.3) is 0 Å². The molecule has 2 saturated heterocycles. The molecule has 4 amide bonds. The van der Waals surface area contributed by atoms with Gasteiger partial charge in [0.2, 0.25) is 11.8 Å². The van der Waals surface area contributed by atoms with Gasteiger partial charge >= 0.3 is 0 Å². The van der Waals surface area contributed by atoms with Crippen molar-refractivity contribution in [3.05, 3.63) is 34.4 Å². The number of phenols is 1. The average Bonchev–Trinajstić information content (AvgIpc) is 3.17. The molecule has 12 heteroatoms. The fraction of sp³-hybridized carbons (Fsp3) is 0.455. The Kier molecular flexibility index (Phi) is 5.52. The number of carbonyl (C=O) groups excluding carboxylic acids is 4. The molecular formula is C22H18BrCl3N2O6. The third kappa shape index (κ3) is 2.84. The maximum absolute atomic E-state index is 13.6. The average molecular weight is 593 g/mol. The number of benzene rings is 1. The van der Waals surface area contributed by atoms with Crippen LogP contribution in [0, 0.1) is 17.8 Å². The van der Waals surface area contributed by atoms with Crippen molar-refractivity contribution in [3.63, 3.8) is 0 Å². The van der Waals surface area contributed by atoms with Crippen LogP contribution in [0.2, 0.25) is 5.02 Å². The third-order valence-electron chi connectivity index (χ3n) is 7.46. The molecule has 2 heterocycles. The molecule has 0 bridgehead atoms. The molecule has 0 spiro atoms.